The third-order valence-electron chi connectivity index (χ3n) is 4.25. The van der Waals surface area contributed by atoms with E-state index < -0.39 is 0 Å². The van der Waals surface area contributed by atoms with Gasteiger partial charge in [-0.2, -0.15) is 0 Å². The van der Waals surface area contributed by atoms with Gasteiger partial charge < -0.3 is 18.8 Å². The van der Waals surface area contributed by atoms with E-state index in [2.05, 4.69) is 14.5 Å². The molecule has 0 atom stereocenters. The molecule has 0 saturated carbocycles. The first-order valence-electron chi connectivity index (χ1n) is 8.14. The largest absolute Gasteiger partial charge is 0.496 e. The van der Waals surface area contributed by atoms with Gasteiger partial charge in [-0.3, -0.25) is 0 Å². The summed E-state index contributed by atoms with van der Waals surface area (Å²) in [6.07, 6.45) is 4.72. The minimum absolute atomic E-state index is 0.553. The van der Waals surface area contributed by atoms with E-state index in [0.29, 0.717) is 19.0 Å². The molecule has 6 nitrogen and oxygen atoms in total. The summed E-state index contributed by atoms with van der Waals surface area (Å²) in [5.41, 5.74) is 3.89. The van der Waals surface area contributed by atoms with Crippen LogP contribution in [0.5, 0.6) is 17.2 Å². The molecule has 0 aliphatic carbocycles. The van der Waals surface area contributed by atoms with Crippen molar-refractivity contribution in [2.45, 2.75) is 19.9 Å². The second-order valence-corrected chi connectivity index (χ2v) is 6.69. The summed E-state index contributed by atoms with van der Waals surface area (Å²) < 4.78 is 19.0. The van der Waals surface area contributed by atoms with Crippen molar-refractivity contribution in [1.29, 1.82) is 0 Å². The van der Waals surface area contributed by atoms with Gasteiger partial charge in [0.2, 0.25) is 0 Å². The molecule has 0 bridgehead atoms. The molecule has 3 heterocycles. The molecule has 0 fully saturated rings. The second-order valence-electron chi connectivity index (χ2n) is 5.75. The van der Waals surface area contributed by atoms with E-state index in [0.717, 1.165) is 41.5 Å². The van der Waals surface area contributed by atoms with E-state index in [9.17, 15) is 0 Å². The fourth-order valence-corrected chi connectivity index (χ4v) is 3.71. The van der Waals surface area contributed by atoms with Crippen molar-refractivity contribution in [2.24, 2.45) is 0 Å². The minimum Gasteiger partial charge on any atom is -0.496 e. The summed E-state index contributed by atoms with van der Waals surface area (Å²) in [4.78, 5) is 10.2. The zero-order valence-electron chi connectivity index (χ0n) is 14.2. The van der Waals surface area contributed by atoms with Gasteiger partial charge in [0.1, 0.15) is 24.8 Å². The first-order chi connectivity index (χ1) is 12.3. The Hall–Kier alpha value is -2.54. The van der Waals surface area contributed by atoms with Gasteiger partial charge in [0, 0.05) is 36.3 Å². The number of methoxy groups -OCH3 is 1. The Morgan fingerprint density at radius 2 is 2.00 bits per heavy atom. The Labute approximate surface area is 150 Å². The number of hydrogen-bond donors (Lipinski definition) is 0. The average molecular weight is 357 g/mol. The van der Waals surface area contributed by atoms with Gasteiger partial charge in [0.15, 0.2) is 11.5 Å². The van der Waals surface area contributed by atoms with E-state index in [1.54, 1.807) is 18.4 Å². The van der Waals surface area contributed by atoms with Crippen LogP contribution in [0, 0.1) is 6.92 Å². The lowest BCUT2D eigenvalue weighted by Crippen LogP contribution is -2.15. The molecule has 0 N–H and O–H groups in total. The number of aromatic nitrogens is 3. The monoisotopic (exact) mass is 357 g/mol. The van der Waals surface area contributed by atoms with Crippen LogP contribution >= 0.6 is 11.3 Å². The highest BCUT2D eigenvalue weighted by Crippen LogP contribution is 2.41. The Balaban J connectivity index is 1.66. The molecule has 4 rings (SSSR count). The van der Waals surface area contributed by atoms with Gasteiger partial charge >= 0.3 is 0 Å². The molecule has 130 valence electrons. The van der Waals surface area contributed by atoms with Crippen LogP contribution in [0.1, 0.15) is 10.6 Å². The summed E-state index contributed by atoms with van der Waals surface area (Å²) in [7, 11) is 1.66. The molecule has 7 heteroatoms. The molecule has 25 heavy (non-hydrogen) atoms. The highest BCUT2D eigenvalue weighted by atomic mass is 32.1. The number of hydrogen-bond acceptors (Lipinski definition) is 6. The third-order valence-corrected chi connectivity index (χ3v) is 5.24. The maximum atomic E-state index is 5.71. The second kappa shape index (κ2) is 6.76. The van der Waals surface area contributed by atoms with Gasteiger partial charge in [-0.25, -0.2) is 9.97 Å². The van der Waals surface area contributed by atoms with Gasteiger partial charge in [-0.15, -0.1) is 11.3 Å². The van der Waals surface area contributed by atoms with E-state index in [-0.39, 0.29) is 0 Å². The molecule has 3 aromatic rings. The molecular formula is C18H19N3O3S. The molecule has 0 radical (unpaired) electrons. The fraction of sp³-hybridized carbons (Fsp3) is 0.333. The highest BCUT2D eigenvalue weighted by molar-refractivity contribution is 7.09. The fourth-order valence-electron chi connectivity index (χ4n) is 2.94. The van der Waals surface area contributed by atoms with Gasteiger partial charge in [-0.1, -0.05) is 0 Å². The van der Waals surface area contributed by atoms with Crippen LogP contribution in [-0.2, 0) is 13.0 Å². The first kappa shape index (κ1) is 16.0. The highest BCUT2D eigenvalue weighted by Gasteiger charge is 2.20. The van der Waals surface area contributed by atoms with E-state index in [1.165, 1.54) is 4.88 Å². The van der Waals surface area contributed by atoms with Crippen molar-refractivity contribution >= 4 is 11.3 Å². The summed E-state index contributed by atoms with van der Waals surface area (Å²) in [6, 6.07) is 3.82. The van der Waals surface area contributed by atoms with E-state index >= 15 is 0 Å². The number of rotatable bonds is 5. The van der Waals surface area contributed by atoms with Crippen molar-refractivity contribution < 1.29 is 14.2 Å². The van der Waals surface area contributed by atoms with Crippen molar-refractivity contribution in [2.75, 3.05) is 20.3 Å². The normalized spacial score (nSPS) is 13.0. The molecule has 0 spiro atoms. The van der Waals surface area contributed by atoms with Crippen LogP contribution in [0.15, 0.2) is 30.0 Å². The summed E-state index contributed by atoms with van der Waals surface area (Å²) in [5.74, 6) is 3.03. The Morgan fingerprint density at radius 1 is 1.20 bits per heavy atom. The van der Waals surface area contributed by atoms with Crippen molar-refractivity contribution in [3.63, 3.8) is 0 Å². The summed E-state index contributed by atoms with van der Waals surface area (Å²) in [6.45, 7) is 3.98. The van der Waals surface area contributed by atoms with Gasteiger partial charge in [0.25, 0.3) is 0 Å². The Kier molecular flexibility index (Phi) is 4.31. The molecule has 1 aliphatic rings. The van der Waals surface area contributed by atoms with Crippen LogP contribution in [-0.4, -0.2) is 34.9 Å². The lowest BCUT2D eigenvalue weighted by atomic mass is 10.1. The van der Waals surface area contributed by atoms with Crippen LogP contribution in [0.25, 0.3) is 11.4 Å². The SMILES string of the molecule is COc1cc2c(cc1-c1nccn1CCc1scnc1C)OCCO2. The molecule has 1 aromatic carbocycles. The van der Waals surface area contributed by atoms with Gasteiger partial charge in [-0.05, 0) is 13.0 Å². The Bertz CT molecular complexity index is 888. The first-order valence-corrected chi connectivity index (χ1v) is 9.02. The number of imidazole rings is 1. The third kappa shape index (κ3) is 3.07. The van der Waals surface area contributed by atoms with E-state index in [1.807, 2.05) is 37.0 Å². The number of fused-ring (bicyclic) bond motifs is 1. The lowest BCUT2D eigenvalue weighted by molar-refractivity contribution is 0.171. The number of aryl methyl sites for hydroxylation is 3. The number of ether oxygens (including phenoxy) is 3. The zero-order chi connectivity index (χ0) is 17.2. The predicted octanol–water partition coefficient (Wildman–Crippen LogP) is 3.34. The number of thiazole rings is 1. The lowest BCUT2D eigenvalue weighted by Gasteiger charge is -2.21. The number of nitrogens with zero attached hydrogens (tertiary/aromatic N) is 3. The van der Waals surface area contributed by atoms with Crippen LogP contribution in [0.4, 0.5) is 0 Å². The van der Waals surface area contributed by atoms with Crippen LogP contribution < -0.4 is 14.2 Å². The van der Waals surface area contributed by atoms with Crippen LogP contribution in [0.3, 0.4) is 0 Å². The minimum atomic E-state index is 0.553. The number of benzene rings is 1. The quantitative estimate of drug-likeness (QED) is 0.701. The smallest absolute Gasteiger partial charge is 0.165 e. The molecule has 0 saturated heterocycles. The topological polar surface area (TPSA) is 58.4 Å². The molecule has 2 aromatic heterocycles. The standard InChI is InChI=1S/C18H19N3O3S/c1-12-17(25-11-20-12)3-5-21-6-4-19-18(21)13-9-15-16(10-14(13)22-2)24-8-7-23-15/h4,6,9-11H,3,5,7-8H2,1-2H3. The molecular weight excluding hydrogens is 338 g/mol. The zero-order valence-corrected chi connectivity index (χ0v) is 15.0. The Morgan fingerprint density at radius 3 is 2.72 bits per heavy atom. The predicted molar refractivity (Wildman–Crippen MR) is 95.8 cm³/mol. The summed E-state index contributed by atoms with van der Waals surface area (Å²) >= 11 is 1.69. The van der Waals surface area contributed by atoms with Crippen molar-refractivity contribution in [3.05, 3.63) is 40.6 Å². The van der Waals surface area contributed by atoms with Crippen LogP contribution in [0.2, 0.25) is 0 Å². The maximum absolute atomic E-state index is 5.71. The molecule has 1 aliphatic heterocycles. The maximum Gasteiger partial charge on any atom is 0.165 e. The van der Waals surface area contributed by atoms with Gasteiger partial charge in [0.05, 0.1) is 23.9 Å². The van der Waals surface area contributed by atoms with Crippen molar-refractivity contribution in [1.82, 2.24) is 14.5 Å². The van der Waals surface area contributed by atoms with Crippen molar-refractivity contribution in [3.8, 4) is 28.6 Å². The molecule has 0 unspecified atom stereocenters. The van der Waals surface area contributed by atoms with E-state index in [4.69, 9.17) is 14.2 Å². The summed E-state index contributed by atoms with van der Waals surface area (Å²) in [5, 5.41) is 0. The molecule has 0 amide bonds. The average Bonchev–Trinajstić information content (AvgIpc) is 3.27.